The van der Waals surface area contributed by atoms with E-state index < -0.39 is 12.1 Å². The number of H-pyrrole nitrogens is 1. The summed E-state index contributed by atoms with van der Waals surface area (Å²) >= 11 is 0. The van der Waals surface area contributed by atoms with E-state index in [2.05, 4.69) is 10.2 Å². The maximum atomic E-state index is 12.6. The number of rotatable bonds is 6. The van der Waals surface area contributed by atoms with Crippen molar-refractivity contribution in [1.82, 2.24) is 10.2 Å². The molecule has 134 valence electrons. The summed E-state index contributed by atoms with van der Waals surface area (Å²) in [6.07, 6.45) is 0.743. The molecule has 6 heteroatoms. The van der Waals surface area contributed by atoms with Gasteiger partial charge in [0.2, 0.25) is 5.78 Å². The van der Waals surface area contributed by atoms with E-state index in [1.165, 1.54) is 0 Å². The molecule has 2 aromatic carbocycles. The van der Waals surface area contributed by atoms with Gasteiger partial charge in [-0.15, -0.1) is 0 Å². The highest BCUT2D eigenvalue weighted by atomic mass is 16.5. The van der Waals surface area contributed by atoms with Gasteiger partial charge in [-0.25, -0.2) is 4.79 Å². The van der Waals surface area contributed by atoms with Gasteiger partial charge < -0.3 is 9.47 Å². The van der Waals surface area contributed by atoms with Crippen molar-refractivity contribution in [1.29, 1.82) is 0 Å². The molecule has 1 atom stereocenters. The minimum Gasteiger partial charge on any atom is -0.494 e. The predicted octanol–water partition coefficient (Wildman–Crippen LogP) is 3.70. The number of nitrogens with one attached hydrogen (secondary N) is 1. The van der Waals surface area contributed by atoms with Crippen LogP contribution in [0.5, 0.6) is 5.75 Å². The van der Waals surface area contributed by atoms with E-state index in [0.717, 1.165) is 10.9 Å². The number of Topliss-reactive ketones (excluding diaryl/α,β-unsaturated/α-hetero) is 1. The molecular weight excluding hydrogens is 332 g/mol. The van der Waals surface area contributed by atoms with E-state index in [0.29, 0.717) is 29.0 Å². The smallest absolute Gasteiger partial charge is 0.341 e. The van der Waals surface area contributed by atoms with Crippen molar-refractivity contribution in [2.45, 2.75) is 26.9 Å². The molecule has 3 rings (SSSR count). The average Bonchev–Trinajstić information content (AvgIpc) is 3.09. The van der Waals surface area contributed by atoms with E-state index in [4.69, 9.17) is 9.47 Å². The van der Waals surface area contributed by atoms with Crippen LogP contribution in [0.1, 0.15) is 40.1 Å². The monoisotopic (exact) mass is 352 g/mol. The van der Waals surface area contributed by atoms with E-state index in [9.17, 15) is 9.59 Å². The first-order chi connectivity index (χ1) is 12.5. The Hall–Kier alpha value is -3.15. The van der Waals surface area contributed by atoms with Crippen molar-refractivity contribution in [3.63, 3.8) is 0 Å². The van der Waals surface area contributed by atoms with Gasteiger partial charge in [-0.1, -0.05) is 0 Å². The van der Waals surface area contributed by atoms with Gasteiger partial charge in [0.05, 0.1) is 23.9 Å². The Morgan fingerprint density at radius 2 is 1.92 bits per heavy atom. The third kappa shape index (κ3) is 3.59. The number of benzene rings is 2. The Morgan fingerprint density at radius 3 is 2.62 bits per heavy atom. The summed E-state index contributed by atoms with van der Waals surface area (Å²) in [7, 11) is 0. The van der Waals surface area contributed by atoms with Gasteiger partial charge in [-0.05, 0) is 62.7 Å². The SMILES string of the molecule is CCOc1ccc(C(=O)C(C)OC(=O)c2cc(C)cc3cn[nH]c23)cc1. The van der Waals surface area contributed by atoms with Crippen molar-refractivity contribution >= 4 is 22.7 Å². The minimum atomic E-state index is -0.904. The molecule has 26 heavy (non-hydrogen) atoms. The molecule has 0 fully saturated rings. The highest BCUT2D eigenvalue weighted by Crippen LogP contribution is 2.21. The maximum Gasteiger partial charge on any atom is 0.341 e. The fourth-order valence-electron chi connectivity index (χ4n) is 2.76. The van der Waals surface area contributed by atoms with Crippen LogP contribution in [0.15, 0.2) is 42.6 Å². The molecule has 0 spiro atoms. The van der Waals surface area contributed by atoms with Crippen LogP contribution in [0, 0.1) is 6.92 Å². The minimum absolute atomic E-state index is 0.269. The van der Waals surface area contributed by atoms with Gasteiger partial charge in [0.25, 0.3) is 0 Å². The molecule has 0 aliphatic rings. The third-order valence-electron chi connectivity index (χ3n) is 4.02. The lowest BCUT2D eigenvalue weighted by Gasteiger charge is -2.13. The molecule has 1 unspecified atom stereocenters. The molecule has 6 nitrogen and oxygen atoms in total. The van der Waals surface area contributed by atoms with Crippen molar-refractivity contribution in [3.8, 4) is 5.75 Å². The molecular formula is C20H20N2O4. The molecule has 0 aliphatic carbocycles. The van der Waals surface area contributed by atoms with Crippen molar-refractivity contribution < 1.29 is 19.1 Å². The van der Waals surface area contributed by atoms with Crippen LogP contribution >= 0.6 is 0 Å². The summed E-state index contributed by atoms with van der Waals surface area (Å²) in [6.45, 7) is 5.90. The summed E-state index contributed by atoms with van der Waals surface area (Å²) in [5.41, 5.74) is 2.34. The first-order valence-corrected chi connectivity index (χ1v) is 8.41. The third-order valence-corrected chi connectivity index (χ3v) is 4.02. The number of ketones is 1. The fourth-order valence-corrected chi connectivity index (χ4v) is 2.76. The molecule has 0 radical (unpaired) electrons. The topological polar surface area (TPSA) is 81.3 Å². The van der Waals surface area contributed by atoms with Crippen LogP contribution in [-0.4, -0.2) is 34.7 Å². The number of aryl methyl sites for hydroxylation is 1. The second-order valence-corrected chi connectivity index (χ2v) is 6.02. The van der Waals surface area contributed by atoms with Gasteiger partial charge >= 0.3 is 5.97 Å². The maximum absolute atomic E-state index is 12.6. The van der Waals surface area contributed by atoms with Crippen LogP contribution in [0.4, 0.5) is 0 Å². The molecule has 0 aliphatic heterocycles. The Bertz CT molecular complexity index is 944. The van der Waals surface area contributed by atoms with Gasteiger partial charge in [-0.3, -0.25) is 9.89 Å². The molecule has 0 amide bonds. The summed E-state index contributed by atoms with van der Waals surface area (Å²) in [6, 6.07) is 10.4. The van der Waals surface area contributed by atoms with Gasteiger partial charge in [0, 0.05) is 10.9 Å². The van der Waals surface area contributed by atoms with Gasteiger partial charge in [0.1, 0.15) is 5.75 Å². The number of fused-ring (bicyclic) bond motifs is 1. The molecule has 1 N–H and O–H groups in total. The van der Waals surface area contributed by atoms with Crippen LogP contribution in [0.25, 0.3) is 10.9 Å². The fraction of sp³-hybridized carbons (Fsp3) is 0.250. The Morgan fingerprint density at radius 1 is 1.19 bits per heavy atom. The van der Waals surface area contributed by atoms with E-state index >= 15 is 0 Å². The number of hydrogen-bond acceptors (Lipinski definition) is 5. The zero-order valence-corrected chi connectivity index (χ0v) is 14.9. The van der Waals surface area contributed by atoms with Crippen LogP contribution in [0.3, 0.4) is 0 Å². The number of hydrogen-bond donors (Lipinski definition) is 1. The molecule has 0 bridgehead atoms. The standard InChI is InChI=1S/C20H20N2O4/c1-4-25-16-7-5-14(6-8-16)19(23)13(3)26-20(24)17-10-12(2)9-15-11-21-22-18(15)17/h5-11,13H,4H2,1-3H3,(H,21,22). The Kier molecular flexibility index (Phi) is 5.02. The number of carbonyl (C=O) groups excluding carboxylic acids is 2. The van der Waals surface area contributed by atoms with Gasteiger partial charge in [-0.2, -0.15) is 5.10 Å². The normalized spacial score (nSPS) is 12.0. The molecule has 0 saturated heterocycles. The lowest BCUT2D eigenvalue weighted by Crippen LogP contribution is -2.24. The predicted molar refractivity (Wildman–Crippen MR) is 97.6 cm³/mol. The first kappa shape index (κ1) is 17.7. The summed E-state index contributed by atoms with van der Waals surface area (Å²) < 4.78 is 10.8. The second-order valence-electron chi connectivity index (χ2n) is 6.02. The summed E-state index contributed by atoms with van der Waals surface area (Å²) in [5.74, 6) is -0.139. The quantitative estimate of drug-likeness (QED) is 0.540. The van der Waals surface area contributed by atoms with E-state index in [-0.39, 0.29) is 5.78 Å². The van der Waals surface area contributed by atoms with Crippen LogP contribution in [0.2, 0.25) is 0 Å². The lowest BCUT2D eigenvalue weighted by atomic mass is 10.1. The van der Waals surface area contributed by atoms with Crippen molar-refractivity contribution in [2.75, 3.05) is 6.61 Å². The van der Waals surface area contributed by atoms with Crippen LogP contribution in [-0.2, 0) is 4.74 Å². The van der Waals surface area contributed by atoms with Gasteiger partial charge in [0.15, 0.2) is 6.10 Å². The average molecular weight is 352 g/mol. The Labute approximate surface area is 151 Å². The van der Waals surface area contributed by atoms with Crippen molar-refractivity contribution in [2.24, 2.45) is 0 Å². The van der Waals surface area contributed by atoms with Crippen molar-refractivity contribution in [3.05, 3.63) is 59.3 Å². The highest BCUT2D eigenvalue weighted by Gasteiger charge is 2.22. The first-order valence-electron chi connectivity index (χ1n) is 8.41. The molecule has 1 aromatic heterocycles. The number of nitrogens with zero attached hydrogens (tertiary/aromatic N) is 1. The van der Waals surface area contributed by atoms with Crippen LogP contribution < -0.4 is 4.74 Å². The van der Waals surface area contributed by atoms with E-state index in [1.54, 1.807) is 43.5 Å². The summed E-state index contributed by atoms with van der Waals surface area (Å²) in [4.78, 5) is 25.1. The molecule has 0 saturated carbocycles. The number of carbonyl (C=O) groups is 2. The lowest BCUT2D eigenvalue weighted by molar-refractivity contribution is 0.0320. The Balaban J connectivity index is 1.75. The number of ether oxygens (including phenoxy) is 2. The zero-order chi connectivity index (χ0) is 18.7. The van der Waals surface area contributed by atoms with E-state index in [1.807, 2.05) is 19.9 Å². The number of esters is 1. The molecule has 1 heterocycles. The largest absolute Gasteiger partial charge is 0.494 e. The zero-order valence-electron chi connectivity index (χ0n) is 14.9. The summed E-state index contributed by atoms with van der Waals surface area (Å²) in [5, 5.41) is 7.58. The second kappa shape index (κ2) is 7.39. The number of aromatic nitrogens is 2. The highest BCUT2D eigenvalue weighted by molar-refractivity contribution is 6.05. The molecule has 3 aromatic rings. The number of aromatic amines is 1.